The van der Waals surface area contributed by atoms with Crippen molar-refractivity contribution in [2.24, 2.45) is 0 Å². The van der Waals surface area contributed by atoms with Crippen LogP contribution in [0.2, 0.25) is 0 Å². The van der Waals surface area contributed by atoms with Gasteiger partial charge in [0.2, 0.25) is 0 Å². The number of benzene rings is 4. The third-order valence-corrected chi connectivity index (χ3v) is 10.0. The van der Waals surface area contributed by atoms with Crippen LogP contribution >= 0.6 is 0 Å². The second kappa shape index (κ2) is 17.6. The van der Waals surface area contributed by atoms with E-state index in [-0.39, 0.29) is 46.8 Å². The molecule has 0 radical (unpaired) electrons. The van der Waals surface area contributed by atoms with Crippen molar-refractivity contribution in [2.45, 2.75) is 91.4 Å². The van der Waals surface area contributed by atoms with Crippen molar-refractivity contribution < 1.29 is 75.4 Å². The van der Waals surface area contributed by atoms with Crippen molar-refractivity contribution in [3.05, 3.63) is 153 Å². The van der Waals surface area contributed by atoms with Crippen LogP contribution in [0, 0.1) is 26.0 Å². The van der Waals surface area contributed by atoms with Crippen LogP contribution < -0.4 is 24.8 Å². The summed E-state index contributed by atoms with van der Waals surface area (Å²) in [5.41, 5.74) is 10.5. The normalized spacial score (nSPS) is 13.1. The molecule has 0 aliphatic heterocycles. The maximum Gasteiger partial charge on any atom is -0.109 e. The molecule has 0 aromatic heterocycles. The minimum atomic E-state index is -4.49. The van der Waals surface area contributed by atoms with Crippen molar-refractivity contribution in [2.75, 3.05) is 0 Å². The largest absolute Gasteiger partial charge is 1.00 e. The summed E-state index contributed by atoms with van der Waals surface area (Å²) in [5.74, 6) is 0. The van der Waals surface area contributed by atoms with Gasteiger partial charge in [-0.05, 0) is 35.4 Å². The van der Waals surface area contributed by atoms with Crippen LogP contribution in [-0.4, -0.2) is 3.21 Å². The number of halogens is 8. The number of allylic oxidation sites excluding steroid dienone is 4. The molecule has 0 nitrogen and oxygen atoms in total. The first-order valence-electron chi connectivity index (χ1n) is 16.4. The van der Waals surface area contributed by atoms with E-state index in [0.717, 1.165) is 61.3 Å². The standard InChI is InChI=1S/C23H29.C15H8F6.C5H5.2ClH.Zr/c1-14-9-16-11-17-10-15(2)21(23(6,7)8)13-19(17)18(16)12-20(14)22(3,4)5;16-14(17,18)12-5-1-3-10(8-12)7-11-4-2-6-13(9-11)15(19,20)21;1-2-4-5-3-1;;;/h9,12-13H,11H2,1-8H3;1-6,8-9H;1-3H,4H2;2*1H;/q-1;;-1;;;+2/p-2. The van der Waals surface area contributed by atoms with E-state index in [0.29, 0.717) is 3.21 Å². The van der Waals surface area contributed by atoms with Crippen molar-refractivity contribution in [1.29, 1.82) is 0 Å². The molecule has 4 aromatic rings. The molecule has 6 rings (SSSR count). The maximum atomic E-state index is 12.7. The third-order valence-electron chi connectivity index (χ3n) is 8.62. The van der Waals surface area contributed by atoms with Crippen LogP contribution in [-0.2, 0) is 53.8 Å². The predicted octanol–water partition coefficient (Wildman–Crippen LogP) is 6.42. The predicted molar refractivity (Wildman–Crippen MR) is 188 cm³/mol. The Hall–Kier alpha value is -2.73. The van der Waals surface area contributed by atoms with Gasteiger partial charge in [-0.2, -0.15) is 23.8 Å². The summed E-state index contributed by atoms with van der Waals surface area (Å²) in [6, 6.07) is 20.1. The first kappa shape index (κ1) is 45.4. The van der Waals surface area contributed by atoms with E-state index in [2.05, 4.69) is 91.8 Å². The Labute approximate surface area is 332 Å². The fourth-order valence-corrected chi connectivity index (χ4v) is 7.00. The zero-order chi connectivity index (χ0) is 37.2. The second-order valence-electron chi connectivity index (χ2n) is 14.7. The molecule has 0 unspecified atom stereocenters. The number of hydrogen-bond acceptors (Lipinski definition) is 0. The van der Waals surface area contributed by atoms with E-state index < -0.39 is 23.5 Å². The molecule has 0 fully saturated rings. The van der Waals surface area contributed by atoms with E-state index in [1.54, 1.807) is 0 Å². The zero-order valence-electron chi connectivity index (χ0n) is 30.5. The molecule has 9 heteroatoms. The van der Waals surface area contributed by atoms with E-state index in [9.17, 15) is 26.3 Å². The molecular weight excluding hydrogens is 793 g/mol. The number of aryl methyl sites for hydroxylation is 2. The van der Waals surface area contributed by atoms with Gasteiger partial charge in [-0.3, -0.25) is 6.08 Å². The van der Waals surface area contributed by atoms with Gasteiger partial charge in [-0.25, -0.2) is 12.2 Å². The summed E-state index contributed by atoms with van der Waals surface area (Å²) in [4.78, 5) is 0. The average molecular weight is 835 g/mol. The van der Waals surface area contributed by atoms with Gasteiger partial charge >= 0.3 is 137 Å². The van der Waals surface area contributed by atoms with Crippen LogP contribution in [0.3, 0.4) is 0 Å². The summed E-state index contributed by atoms with van der Waals surface area (Å²) in [6.45, 7) is 18.2. The van der Waals surface area contributed by atoms with Gasteiger partial charge in [0.25, 0.3) is 0 Å². The van der Waals surface area contributed by atoms with Crippen LogP contribution in [0.5, 0.6) is 0 Å². The number of hydrogen-bond donors (Lipinski definition) is 0. The Morgan fingerprint density at radius 2 is 1.17 bits per heavy atom. The van der Waals surface area contributed by atoms with Gasteiger partial charge in [0, 0.05) is 0 Å². The molecule has 52 heavy (non-hydrogen) atoms. The molecule has 0 spiro atoms. The fourth-order valence-electron chi connectivity index (χ4n) is 6.23. The minimum absolute atomic E-state index is 0. The Morgan fingerprint density at radius 3 is 1.58 bits per heavy atom. The Morgan fingerprint density at radius 1 is 0.673 bits per heavy atom. The number of alkyl halides is 6. The Balaban J connectivity index is 0.000000307. The van der Waals surface area contributed by atoms with Crippen molar-refractivity contribution >= 4 is 3.21 Å². The molecule has 0 bridgehead atoms. The SMILES string of the molecule is Cc1[c-]c2c(cc1C(C)(C)C)-c1cc(C(C)(C)C)c(C)cc1C2.FC(F)(F)c1cccc([C](=[Zr+2])c2cccc(C(F)(F)F)c2)c1.[C-]1=CC=CC1.[Cl-].[Cl-]. The van der Waals surface area contributed by atoms with Gasteiger partial charge in [-0.1, -0.05) is 71.6 Å². The summed E-state index contributed by atoms with van der Waals surface area (Å²) in [5, 5.41) is 0. The molecule has 0 N–H and O–H groups in total. The van der Waals surface area contributed by atoms with Gasteiger partial charge in [0.1, 0.15) is 0 Å². The van der Waals surface area contributed by atoms with Gasteiger partial charge < -0.3 is 24.8 Å². The van der Waals surface area contributed by atoms with E-state index in [4.69, 9.17) is 0 Å². The average Bonchev–Trinajstić information content (AvgIpc) is 3.70. The molecule has 0 saturated heterocycles. The molecule has 0 atom stereocenters. The van der Waals surface area contributed by atoms with Gasteiger partial charge in [-0.15, -0.1) is 23.1 Å². The molecule has 0 heterocycles. The smallest absolute Gasteiger partial charge is 0.109 e. The van der Waals surface area contributed by atoms with E-state index >= 15 is 0 Å². The second-order valence-corrected chi connectivity index (χ2v) is 16.0. The molecule has 2 aliphatic rings. The zero-order valence-corrected chi connectivity index (χ0v) is 34.5. The summed E-state index contributed by atoms with van der Waals surface area (Å²) < 4.78 is 76.7. The van der Waals surface area contributed by atoms with E-state index in [1.165, 1.54) is 68.8 Å². The summed E-state index contributed by atoms with van der Waals surface area (Å²) in [6.07, 6.45) is 2.06. The third kappa shape index (κ3) is 11.4. The minimum Gasteiger partial charge on any atom is -1.00 e. The molecule has 4 aromatic carbocycles. The van der Waals surface area contributed by atoms with Gasteiger partial charge in [0.05, 0.1) is 0 Å². The monoisotopic (exact) mass is 832 g/mol. The molecule has 276 valence electrons. The molecular formula is C43H42Cl2F6Zr-2. The Bertz CT molecular complexity index is 1800. The summed E-state index contributed by atoms with van der Waals surface area (Å²) in [7, 11) is 0. The van der Waals surface area contributed by atoms with Crippen LogP contribution in [0.1, 0.15) is 104 Å². The van der Waals surface area contributed by atoms with Crippen molar-refractivity contribution in [1.82, 2.24) is 0 Å². The first-order chi connectivity index (χ1) is 23.1. The van der Waals surface area contributed by atoms with Crippen LogP contribution in [0.4, 0.5) is 26.3 Å². The maximum absolute atomic E-state index is 12.7. The Kier molecular flexibility index (Phi) is 15.4. The van der Waals surface area contributed by atoms with Crippen LogP contribution in [0.25, 0.3) is 11.1 Å². The van der Waals surface area contributed by atoms with Crippen molar-refractivity contribution in [3.8, 4) is 11.1 Å². The van der Waals surface area contributed by atoms with Gasteiger partial charge in [0.15, 0.2) is 0 Å². The molecule has 2 aliphatic carbocycles. The van der Waals surface area contributed by atoms with Crippen LogP contribution in [0.15, 0.2) is 85.0 Å². The quantitative estimate of drug-likeness (QED) is 0.142. The molecule has 0 amide bonds. The summed E-state index contributed by atoms with van der Waals surface area (Å²) >= 11 is 0.729. The number of fused-ring (bicyclic) bond motifs is 3. The number of rotatable bonds is 2. The fraction of sp³-hybridized carbons (Fsp3) is 0.326. The topological polar surface area (TPSA) is 0 Å². The first-order valence-corrected chi connectivity index (χ1v) is 17.7. The molecule has 0 saturated carbocycles. The van der Waals surface area contributed by atoms with Crippen molar-refractivity contribution in [3.63, 3.8) is 0 Å². The van der Waals surface area contributed by atoms with E-state index in [1.807, 2.05) is 12.2 Å².